The third-order valence-electron chi connectivity index (χ3n) is 5.57. The molecule has 13 N–H and O–H groups in total. The number of nitrogens with two attached hydrogens (primary N) is 3. The Bertz CT molecular complexity index is 1100. The summed E-state index contributed by atoms with van der Waals surface area (Å²) in [7, 11) is 0. The highest BCUT2D eigenvalue weighted by atomic mass is 16.4. The summed E-state index contributed by atoms with van der Waals surface area (Å²) in [5.74, 6) is -3.86. The van der Waals surface area contributed by atoms with Gasteiger partial charge in [0.15, 0.2) is 5.96 Å². The molecule has 17 heteroatoms. The van der Waals surface area contributed by atoms with E-state index in [0.717, 1.165) is 0 Å². The Balaban J connectivity index is 2.12. The molecule has 0 aliphatic carbocycles. The molecule has 0 bridgehead atoms. The molecule has 214 valence electrons. The largest absolute Gasteiger partial charge is 0.480 e. The van der Waals surface area contributed by atoms with Crippen LogP contribution in [0.5, 0.6) is 0 Å². The number of carboxylic acid groups (broad SMARTS) is 1. The van der Waals surface area contributed by atoms with Crippen LogP contribution in [0, 0.1) is 0 Å². The number of hydrogen-bond donors (Lipinski definition) is 10. The van der Waals surface area contributed by atoms with Crippen molar-refractivity contribution in [3.63, 3.8) is 0 Å². The Labute approximate surface area is 223 Å². The summed E-state index contributed by atoms with van der Waals surface area (Å²) in [5.41, 5.74) is 17.6. The van der Waals surface area contributed by atoms with E-state index in [1.165, 1.54) is 32.0 Å². The topological polar surface area (TPSA) is 293 Å². The first kappa shape index (κ1) is 30.7. The van der Waals surface area contributed by atoms with Gasteiger partial charge in [-0.15, -0.1) is 0 Å². The van der Waals surface area contributed by atoms with Gasteiger partial charge < -0.3 is 53.3 Å². The molecule has 3 amide bonds. The van der Waals surface area contributed by atoms with E-state index >= 15 is 0 Å². The minimum absolute atomic E-state index is 0.0184. The second kappa shape index (κ2) is 15.0. The summed E-state index contributed by atoms with van der Waals surface area (Å²) < 4.78 is 0. The van der Waals surface area contributed by atoms with E-state index in [1.54, 1.807) is 0 Å². The first-order valence-corrected chi connectivity index (χ1v) is 12.0. The lowest BCUT2D eigenvalue weighted by molar-refractivity contribution is -0.142. The average molecular weight is 550 g/mol. The first-order valence-electron chi connectivity index (χ1n) is 12.0. The van der Waals surface area contributed by atoms with E-state index in [-0.39, 0.29) is 38.2 Å². The highest BCUT2D eigenvalue weighted by Gasteiger charge is 2.32. The summed E-state index contributed by atoms with van der Waals surface area (Å²) in [6.45, 7) is 1.42. The second-order valence-electron chi connectivity index (χ2n) is 8.80. The van der Waals surface area contributed by atoms with Gasteiger partial charge in [-0.25, -0.2) is 14.8 Å². The van der Waals surface area contributed by atoms with Crippen molar-refractivity contribution >= 4 is 29.7 Å². The minimum Gasteiger partial charge on any atom is -0.480 e. The van der Waals surface area contributed by atoms with E-state index in [9.17, 15) is 29.4 Å². The number of aromatic nitrogens is 4. The van der Waals surface area contributed by atoms with Crippen LogP contribution in [0.3, 0.4) is 0 Å². The van der Waals surface area contributed by atoms with Gasteiger partial charge in [0.1, 0.15) is 18.1 Å². The van der Waals surface area contributed by atoms with Gasteiger partial charge in [0.05, 0.1) is 24.8 Å². The highest BCUT2D eigenvalue weighted by Crippen LogP contribution is 2.06. The van der Waals surface area contributed by atoms with Crippen molar-refractivity contribution in [1.82, 2.24) is 35.9 Å². The van der Waals surface area contributed by atoms with Gasteiger partial charge in [0, 0.05) is 43.2 Å². The molecular formula is C22H35N11O6. The summed E-state index contributed by atoms with van der Waals surface area (Å²) >= 11 is 0. The van der Waals surface area contributed by atoms with Crippen LogP contribution >= 0.6 is 0 Å². The maximum absolute atomic E-state index is 13.1. The monoisotopic (exact) mass is 549 g/mol. The molecule has 2 aromatic heterocycles. The number of aliphatic imine (C=N–C) groups is 1. The Morgan fingerprint density at radius 2 is 1.54 bits per heavy atom. The molecule has 17 nitrogen and oxygen atoms in total. The van der Waals surface area contributed by atoms with Crippen molar-refractivity contribution in [3.05, 3.63) is 36.4 Å². The number of aliphatic hydroxyl groups excluding tert-OH is 1. The molecule has 0 saturated heterocycles. The van der Waals surface area contributed by atoms with Crippen LogP contribution < -0.4 is 33.2 Å². The number of H-pyrrole nitrogens is 2. The van der Waals surface area contributed by atoms with Gasteiger partial charge in [-0.3, -0.25) is 19.4 Å². The lowest BCUT2D eigenvalue weighted by Gasteiger charge is -2.26. The lowest BCUT2D eigenvalue weighted by atomic mass is 10.1. The van der Waals surface area contributed by atoms with Crippen LogP contribution in [0.4, 0.5) is 0 Å². The Morgan fingerprint density at radius 1 is 0.949 bits per heavy atom. The van der Waals surface area contributed by atoms with Crippen LogP contribution in [0.2, 0.25) is 0 Å². The number of rotatable bonds is 16. The van der Waals surface area contributed by atoms with E-state index in [2.05, 4.69) is 40.9 Å². The van der Waals surface area contributed by atoms with Crippen molar-refractivity contribution in [1.29, 1.82) is 0 Å². The summed E-state index contributed by atoms with van der Waals surface area (Å²) in [6.07, 6.45) is 4.63. The molecular weight excluding hydrogens is 514 g/mol. The fourth-order valence-corrected chi connectivity index (χ4v) is 3.51. The van der Waals surface area contributed by atoms with Crippen LogP contribution in [0.15, 0.2) is 30.0 Å². The fourth-order valence-electron chi connectivity index (χ4n) is 3.51. The SMILES string of the molecule is CC(O)C(NC(=O)C(N)Cc1cnc[nH]1)C(=O)NC(CCCN=C(N)N)C(=O)NC(Cc1cnc[nH]1)C(=O)O. The number of hydrogen-bond acceptors (Lipinski definition) is 9. The van der Waals surface area contributed by atoms with E-state index in [0.29, 0.717) is 11.4 Å². The molecule has 0 spiro atoms. The molecule has 0 aliphatic rings. The minimum atomic E-state index is -1.46. The predicted octanol–water partition coefficient (Wildman–Crippen LogP) is -3.78. The molecule has 5 atom stereocenters. The molecule has 0 fully saturated rings. The second-order valence-corrected chi connectivity index (χ2v) is 8.80. The van der Waals surface area contributed by atoms with Crippen molar-refractivity contribution in [2.75, 3.05) is 6.54 Å². The maximum Gasteiger partial charge on any atom is 0.326 e. The smallest absolute Gasteiger partial charge is 0.326 e. The van der Waals surface area contributed by atoms with Gasteiger partial charge in [-0.1, -0.05) is 0 Å². The van der Waals surface area contributed by atoms with Crippen molar-refractivity contribution in [2.24, 2.45) is 22.2 Å². The Hall–Kier alpha value is -4.51. The molecule has 0 radical (unpaired) electrons. The van der Waals surface area contributed by atoms with E-state index in [4.69, 9.17) is 17.2 Å². The van der Waals surface area contributed by atoms with Gasteiger partial charge in [-0.2, -0.15) is 0 Å². The number of carbonyl (C=O) groups excluding carboxylic acids is 3. The quantitative estimate of drug-likeness (QED) is 0.0550. The van der Waals surface area contributed by atoms with Gasteiger partial charge in [0.2, 0.25) is 17.7 Å². The molecule has 0 aliphatic heterocycles. The number of carboxylic acids is 1. The number of aromatic amines is 2. The number of carbonyl (C=O) groups is 4. The number of amides is 3. The number of aliphatic hydroxyl groups is 1. The zero-order chi connectivity index (χ0) is 28.9. The molecule has 2 heterocycles. The Morgan fingerprint density at radius 3 is 2.05 bits per heavy atom. The van der Waals surface area contributed by atoms with Crippen LogP contribution in [-0.4, -0.2) is 96.6 Å². The normalized spacial score (nSPS) is 14.7. The van der Waals surface area contributed by atoms with Crippen LogP contribution in [0.25, 0.3) is 0 Å². The van der Waals surface area contributed by atoms with Crippen molar-refractivity contribution < 1.29 is 29.4 Å². The zero-order valence-electron chi connectivity index (χ0n) is 21.3. The molecule has 0 aromatic carbocycles. The van der Waals surface area contributed by atoms with Crippen LogP contribution in [0.1, 0.15) is 31.2 Å². The Kier molecular flexibility index (Phi) is 11.8. The summed E-state index contributed by atoms with van der Waals surface area (Å²) in [5, 5.41) is 27.0. The van der Waals surface area contributed by atoms with E-state index < -0.39 is 54.0 Å². The number of guanidine groups is 1. The highest BCUT2D eigenvalue weighted by molar-refractivity contribution is 5.94. The number of nitrogens with one attached hydrogen (secondary N) is 5. The van der Waals surface area contributed by atoms with Crippen molar-refractivity contribution in [3.8, 4) is 0 Å². The van der Waals surface area contributed by atoms with Crippen LogP contribution in [-0.2, 0) is 32.0 Å². The third kappa shape index (κ3) is 10.4. The lowest BCUT2D eigenvalue weighted by Crippen LogP contribution is -2.60. The van der Waals surface area contributed by atoms with Gasteiger partial charge >= 0.3 is 5.97 Å². The summed E-state index contributed by atoms with van der Waals surface area (Å²) in [6, 6.07) is -5.09. The number of aliphatic carboxylic acids is 1. The van der Waals surface area contributed by atoms with E-state index in [1.807, 2.05) is 0 Å². The fraction of sp³-hybridized carbons (Fsp3) is 0.500. The van der Waals surface area contributed by atoms with Gasteiger partial charge in [0.25, 0.3) is 0 Å². The molecule has 5 unspecified atom stereocenters. The maximum atomic E-state index is 13.1. The molecule has 0 saturated carbocycles. The molecule has 2 aromatic rings. The van der Waals surface area contributed by atoms with Gasteiger partial charge in [-0.05, 0) is 19.8 Å². The third-order valence-corrected chi connectivity index (χ3v) is 5.57. The van der Waals surface area contributed by atoms with Crippen molar-refractivity contribution in [2.45, 2.75) is 62.9 Å². The average Bonchev–Trinajstić information content (AvgIpc) is 3.57. The summed E-state index contributed by atoms with van der Waals surface area (Å²) in [4.78, 5) is 67.6. The zero-order valence-corrected chi connectivity index (χ0v) is 21.3. The molecule has 39 heavy (non-hydrogen) atoms. The standard InChI is InChI=1S/C22H35N11O6/c1-11(34)17(33-18(35)14(23)5-12-7-26-9-29-12)20(37)31-15(3-2-4-28-22(24)25)19(36)32-16(21(38)39)6-13-8-27-10-30-13/h7-11,14-17,34H,2-6,23H2,1H3,(H,26,29)(H,27,30)(H,31,37)(H,32,36)(H,33,35)(H,38,39)(H4,24,25,28). The predicted molar refractivity (Wildman–Crippen MR) is 138 cm³/mol. The number of imidazole rings is 2. The number of nitrogens with zero attached hydrogens (tertiary/aromatic N) is 3. The molecule has 2 rings (SSSR count). The first-order chi connectivity index (χ1) is 18.5.